The molecule has 2 atom stereocenters. The lowest BCUT2D eigenvalue weighted by atomic mass is 10.1. The smallest absolute Gasteiger partial charge is 0.261 e. The fourth-order valence-corrected chi connectivity index (χ4v) is 4.25. The van der Waals surface area contributed by atoms with Crippen LogP contribution in [0.1, 0.15) is 32.8 Å². The molecule has 0 aromatic heterocycles. The van der Waals surface area contributed by atoms with Gasteiger partial charge in [-0.2, -0.15) is 0 Å². The van der Waals surface area contributed by atoms with Crippen LogP contribution < -0.4 is 10.1 Å². The van der Waals surface area contributed by atoms with Crippen LogP contribution in [0.25, 0.3) is 10.8 Å². The minimum absolute atomic E-state index is 0.0365. The van der Waals surface area contributed by atoms with Crippen LogP contribution in [0, 0.1) is 0 Å². The number of ether oxygens (including phenoxy) is 1. The van der Waals surface area contributed by atoms with Crippen molar-refractivity contribution in [1.29, 1.82) is 0 Å². The zero-order valence-corrected chi connectivity index (χ0v) is 22.1. The van der Waals surface area contributed by atoms with Crippen molar-refractivity contribution in [3.63, 3.8) is 0 Å². The van der Waals surface area contributed by atoms with Crippen LogP contribution in [0.15, 0.2) is 69.6 Å². The van der Waals surface area contributed by atoms with Gasteiger partial charge in [0.25, 0.3) is 5.91 Å². The van der Waals surface area contributed by atoms with E-state index in [4.69, 9.17) is 4.74 Å². The number of fused-ring (bicyclic) bond motifs is 1. The molecule has 0 aliphatic heterocycles. The number of rotatable bonds is 9. The number of halogens is 2. The highest BCUT2D eigenvalue weighted by Gasteiger charge is 2.27. The summed E-state index contributed by atoms with van der Waals surface area (Å²) in [5.41, 5.74) is 0.932. The molecule has 0 aliphatic rings. The standard InChI is InChI=1S/C26H28Br2N2O3/c1-4-17(2)29-26(32)18(3)30(15-19-9-12-21(27)13-10-19)24(31)16-33-23-14-11-20-7-5-6-8-22(20)25(23)28/h5-14,17-18H,4,15-16H2,1-3H3,(H,29,32)/t17-,18-/m0/s1. The number of hydrogen-bond donors (Lipinski definition) is 1. The summed E-state index contributed by atoms with van der Waals surface area (Å²) in [6, 6.07) is 18.9. The topological polar surface area (TPSA) is 58.6 Å². The molecule has 0 bridgehead atoms. The average molecular weight is 576 g/mol. The zero-order chi connectivity index (χ0) is 24.0. The van der Waals surface area contributed by atoms with E-state index in [0.717, 1.165) is 31.7 Å². The first kappa shape index (κ1) is 25.2. The summed E-state index contributed by atoms with van der Waals surface area (Å²) in [5.74, 6) is 0.147. The summed E-state index contributed by atoms with van der Waals surface area (Å²) < 4.78 is 7.66. The third-order valence-electron chi connectivity index (χ3n) is 5.61. The van der Waals surface area contributed by atoms with E-state index in [1.54, 1.807) is 11.8 Å². The van der Waals surface area contributed by atoms with Crippen molar-refractivity contribution in [3.8, 4) is 5.75 Å². The number of amides is 2. The molecular formula is C26H28Br2N2O3. The Morgan fingerprint density at radius 2 is 1.70 bits per heavy atom. The van der Waals surface area contributed by atoms with Crippen LogP contribution in [0.4, 0.5) is 0 Å². The summed E-state index contributed by atoms with van der Waals surface area (Å²) >= 11 is 7.03. The summed E-state index contributed by atoms with van der Waals surface area (Å²) in [5, 5.41) is 5.06. The van der Waals surface area contributed by atoms with Gasteiger partial charge >= 0.3 is 0 Å². The number of carbonyl (C=O) groups excluding carboxylic acids is 2. The third-order valence-corrected chi connectivity index (χ3v) is 6.96. The molecule has 0 radical (unpaired) electrons. The Kier molecular flexibility index (Phi) is 8.92. The molecule has 3 aromatic rings. The second-order valence-corrected chi connectivity index (χ2v) is 9.74. The maximum absolute atomic E-state index is 13.3. The van der Waals surface area contributed by atoms with Crippen LogP contribution in [-0.2, 0) is 16.1 Å². The second-order valence-electron chi connectivity index (χ2n) is 8.03. The van der Waals surface area contributed by atoms with E-state index in [1.807, 2.05) is 74.5 Å². The van der Waals surface area contributed by atoms with Gasteiger partial charge in [-0.3, -0.25) is 9.59 Å². The fourth-order valence-electron chi connectivity index (χ4n) is 3.38. The molecule has 3 aromatic carbocycles. The lowest BCUT2D eigenvalue weighted by Crippen LogP contribution is -2.50. The molecule has 174 valence electrons. The van der Waals surface area contributed by atoms with Crippen LogP contribution in [0.3, 0.4) is 0 Å². The van der Waals surface area contributed by atoms with Gasteiger partial charge in [0.05, 0.1) is 4.47 Å². The molecule has 3 rings (SSSR count). The number of nitrogens with zero attached hydrogens (tertiary/aromatic N) is 1. The number of benzene rings is 3. The quantitative estimate of drug-likeness (QED) is 0.336. The van der Waals surface area contributed by atoms with Gasteiger partial charge in [-0.05, 0) is 70.7 Å². The first-order valence-corrected chi connectivity index (χ1v) is 12.5. The average Bonchev–Trinajstić information content (AvgIpc) is 2.82. The molecule has 7 heteroatoms. The van der Waals surface area contributed by atoms with Crippen molar-refractivity contribution in [2.24, 2.45) is 0 Å². The van der Waals surface area contributed by atoms with Crippen LogP contribution in [0.5, 0.6) is 5.75 Å². The van der Waals surface area contributed by atoms with Gasteiger partial charge < -0.3 is 15.0 Å². The Morgan fingerprint density at radius 1 is 1.00 bits per heavy atom. The minimum atomic E-state index is -0.640. The maximum Gasteiger partial charge on any atom is 0.261 e. The van der Waals surface area contributed by atoms with Crippen molar-refractivity contribution < 1.29 is 14.3 Å². The van der Waals surface area contributed by atoms with Gasteiger partial charge in [0.15, 0.2) is 6.61 Å². The zero-order valence-electron chi connectivity index (χ0n) is 19.0. The predicted molar refractivity (Wildman–Crippen MR) is 139 cm³/mol. The first-order chi connectivity index (χ1) is 15.8. The third kappa shape index (κ3) is 6.58. The van der Waals surface area contributed by atoms with Gasteiger partial charge in [-0.25, -0.2) is 0 Å². The Labute approximate surface area is 211 Å². The van der Waals surface area contributed by atoms with Gasteiger partial charge in [0.2, 0.25) is 5.91 Å². The van der Waals surface area contributed by atoms with Gasteiger partial charge in [-0.15, -0.1) is 0 Å². The summed E-state index contributed by atoms with van der Waals surface area (Å²) in [7, 11) is 0. The molecule has 0 fully saturated rings. The van der Waals surface area contributed by atoms with E-state index in [-0.39, 0.29) is 24.5 Å². The molecular weight excluding hydrogens is 548 g/mol. The Bertz CT molecular complexity index is 1120. The van der Waals surface area contributed by atoms with Crippen LogP contribution in [0.2, 0.25) is 0 Å². The van der Waals surface area contributed by atoms with E-state index in [1.165, 1.54) is 0 Å². The van der Waals surface area contributed by atoms with E-state index < -0.39 is 6.04 Å². The van der Waals surface area contributed by atoms with Gasteiger partial charge in [0.1, 0.15) is 11.8 Å². The van der Waals surface area contributed by atoms with Crippen molar-refractivity contribution >= 4 is 54.4 Å². The first-order valence-electron chi connectivity index (χ1n) is 10.9. The van der Waals surface area contributed by atoms with E-state index in [9.17, 15) is 9.59 Å². The van der Waals surface area contributed by atoms with Gasteiger partial charge in [0, 0.05) is 17.1 Å². The van der Waals surface area contributed by atoms with E-state index >= 15 is 0 Å². The highest BCUT2D eigenvalue weighted by atomic mass is 79.9. The molecule has 33 heavy (non-hydrogen) atoms. The molecule has 0 unspecified atom stereocenters. The van der Waals surface area contributed by atoms with E-state index in [0.29, 0.717) is 12.3 Å². The Morgan fingerprint density at radius 3 is 2.39 bits per heavy atom. The summed E-state index contributed by atoms with van der Waals surface area (Å²) in [6.45, 7) is 5.85. The van der Waals surface area contributed by atoms with Gasteiger partial charge in [-0.1, -0.05) is 65.3 Å². The Hall–Kier alpha value is -2.38. The van der Waals surface area contributed by atoms with Crippen molar-refractivity contribution in [2.75, 3.05) is 6.61 Å². The molecule has 0 saturated carbocycles. The molecule has 1 N–H and O–H groups in total. The molecule has 5 nitrogen and oxygen atoms in total. The SMILES string of the molecule is CC[C@H](C)NC(=O)[C@H](C)N(Cc1ccc(Br)cc1)C(=O)COc1ccc2ccccc2c1Br. The van der Waals surface area contributed by atoms with Crippen molar-refractivity contribution in [3.05, 3.63) is 75.2 Å². The molecule has 2 amide bonds. The molecule has 0 heterocycles. The summed E-state index contributed by atoms with van der Waals surface area (Å²) in [6.07, 6.45) is 0.818. The monoisotopic (exact) mass is 574 g/mol. The number of nitrogens with one attached hydrogen (secondary N) is 1. The highest BCUT2D eigenvalue weighted by molar-refractivity contribution is 9.11. The molecule has 0 saturated heterocycles. The maximum atomic E-state index is 13.3. The fraction of sp³-hybridized carbons (Fsp3) is 0.308. The highest BCUT2D eigenvalue weighted by Crippen LogP contribution is 2.33. The normalized spacial score (nSPS) is 12.8. The lowest BCUT2D eigenvalue weighted by molar-refractivity contribution is -0.142. The lowest BCUT2D eigenvalue weighted by Gasteiger charge is -2.29. The molecule has 0 aliphatic carbocycles. The second kappa shape index (κ2) is 11.7. The number of carbonyl (C=O) groups is 2. The van der Waals surface area contributed by atoms with Crippen molar-refractivity contribution in [2.45, 2.75) is 45.8 Å². The largest absolute Gasteiger partial charge is 0.483 e. The predicted octanol–water partition coefficient (Wildman–Crippen LogP) is 6.08. The van der Waals surface area contributed by atoms with E-state index in [2.05, 4.69) is 37.2 Å². The van der Waals surface area contributed by atoms with Crippen molar-refractivity contribution in [1.82, 2.24) is 10.2 Å². The molecule has 0 spiro atoms. The minimum Gasteiger partial charge on any atom is -0.483 e. The summed E-state index contributed by atoms with van der Waals surface area (Å²) in [4.78, 5) is 27.6. The van der Waals surface area contributed by atoms with Crippen LogP contribution >= 0.6 is 31.9 Å². The Balaban J connectivity index is 1.78. The van der Waals surface area contributed by atoms with Crippen LogP contribution in [-0.4, -0.2) is 35.4 Å². The number of hydrogen-bond acceptors (Lipinski definition) is 3.